The number of para-hydroxylation sites is 1. The van der Waals surface area contributed by atoms with Crippen molar-refractivity contribution in [1.29, 1.82) is 0 Å². The summed E-state index contributed by atoms with van der Waals surface area (Å²) < 4.78 is 5.94. The molecule has 16 heavy (non-hydrogen) atoms. The zero-order valence-corrected chi connectivity index (χ0v) is 10.7. The normalized spacial score (nSPS) is 14.9. The molecule has 1 aromatic carbocycles. The van der Waals surface area contributed by atoms with Crippen molar-refractivity contribution in [2.24, 2.45) is 11.7 Å². The highest BCUT2D eigenvalue weighted by molar-refractivity contribution is 5.35. The Hall–Kier alpha value is -1.02. The Bertz CT molecular complexity index is 320. The highest BCUT2D eigenvalue weighted by Crippen LogP contribution is 2.25. The molecule has 2 heteroatoms. The summed E-state index contributed by atoms with van der Waals surface area (Å²) in [5.74, 6) is 1.57. The van der Waals surface area contributed by atoms with Gasteiger partial charge in [0.25, 0.3) is 0 Å². The average molecular weight is 221 g/mol. The molecule has 2 nitrogen and oxygen atoms in total. The van der Waals surface area contributed by atoms with Crippen molar-refractivity contribution in [1.82, 2.24) is 0 Å². The van der Waals surface area contributed by atoms with E-state index in [9.17, 15) is 0 Å². The molecule has 1 unspecified atom stereocenters. The van der Waals surface area contributed by atoms with E-state index >= 15 is 0 Å². The van der Waals surface area contributed by atoms with Gasteiger partial charge in [-0.3, -0.25) is 0 Å². The minimum absolute atomic E-state index is 0.0162. The Morgan fingerprint density at radius 3 is 2.31 bits per heavy atom. The van der Waals surface area contributed by atoms with Crippen LogP contribution in [0.25, 0.3) is 0 Å². The lowest BCUT2D eigenvalue weighted by Crippen LogP contribution is -2.16. The summed E-state index contributed by atoms with van der Waals surface area (Å²) in [7, 11) is 0. The summed E-state index contributed by atoms with van der Waals surface area (Å²) in [6, 6.07) is 8.03. The Morgan fingerprint density at radius 2 is 1.75 bits per heavy atom. The van der Waals surface area contributed by atoms with E-state index in [0.717, 1.165) is 17.7 Å². The van der Waals surface area contributed by atoms with Gasteiger partial charge < -0.3 is 10.5 Å². The van der Waals surface area contributed by atoms with E-state index in [1.165, 1.54) is 0 Å². The van der Waals surface area contributed by atoms with Crippen molar-refractivity contribution in [3.63, 3.8) is 0 Å². The van der Waals surface area contributed by atoms with Crippen molar-refractivity contribution in [3.05, 3.63) is 29.8 Å². The van der Waals surface area contributed by atoms with E-state index in [4.69, 9.17) is 10.5 Å². The van der Waals surface area contributed by atoms with Crippen LogP contribution in [-0.2, 0) is 0 Å². The summed E-state index contributed by atoms with van der Waals surface area (Å²) in [4.78, 5) is 0. The van der Waals surface area contributed by atoms with Crippen LogP contribution in [0.1, 0.15) is 45.7 Å². The van der Waals surface area contributed by atoms with Crippen LogP contribution in [0, 0.1) is 5.92 Å². The van der Waals surface area contributed by atoms with Gasteiger partial charge in [0.05, 0.1) is 6.10 Å². The van der Waals surface area contributed by atoms with Crippen LogP contribution in [0.4, 0.5) is 0 Å². The number of hydrogen-bond acceptors (Lipinski definition) is 2. The molecule has 0 aliphatic carbocycles. The molecule has 0 heterocycles. The van der Waals surface area contributed by atoms with Gasteiger partial charge in [0.1, 0.15) is 5.75 Å². The Balaban J connectivity index is 2.72. The molecule has 0 aromatic heterocycles. The molecule has 0 saturated carbocycles. The third-order valence-electron chi connectivity index (χ3n) is 2.54. The molecule has 0 aliphatic rings. The Labute approximate surface area is 98.8 Å². The predicted octanol–water partition coefficient (Wildman–Crippen LogP) is 3.52. The van der Waals surface area contributed by atoms with E-state index in [0.29, 0.717) is 5.92 Å². The first-order valence-corrected chi connectivity index (χ1v) is 6.02. The lowest BCUT2D eigenvalue weighted by Gasteiger charge is -2.20. The maximum absolute atomic E-state index is 5.94. The molecular weight excluding hydrogens is 198 g/mol. The molecule has 0 aliphatic heterocycles. The van der Waals surface area contributed by atoms with Crippen LogP contribution >= 0.6 is 0 Å². The van der Waals surface area contributed by atoms with Gasteiger partial charge in [-0.2, -0.15) is 0 Å². The first-order chi connectivity index (χ1) is 7.50. The lowest BCUT2D eigenvalue weighted by molar-refractivity contribution is 0.191. The highest BCUT2D eigenvalue weighted by atomic mass is 16.5. The summed E-state index contributed by atoms with van der Waals surface area (Å²) in [6.07, 6.45) is 1.30. The zero-order valence-electron chi connectivity index (χ0n) is 10.7. The van der Waals surface area contributed by atoms with Crippen molar-refractivity contribution >= 4 is 0 Å². The monoisotopic (exact) mass is 221 g/mol. The van der Waals surface area contributed by atoms with Crippen molar-refractivity contribution in [3.8, 4) is 5.75 Å². The van der Waals surface area contributed by atoms with Gasteiger partial charge in [0, 0.05) is 11.6 Å². The first kappa shape index (κ1) is 13.0. The van der Waals surface area contributed by atoms with E-state index in [-0.39, 0.29) is 12.1 Å². The highest BCUT2D eigenvalue weighted by Gasteiger charge is 2.11. The van der Waals surface area contributed by atoms with E-state index in [1.54, 1.807) is 0 Å². The fourth-order valence-corrected chi connectivity index (χ4v) is 1.89. The van der Waals surface area contributed by atoms with Crippen LogP contribution in [0.5, 0.6) is 5.75 Å². The van der Waals surface area contributed by atoms with Gasteiger partial charge in [0.2, 0.25) is 0 Å². The first-order valence-electron chi connectivity index (χ1n) is 6.02. The second kappa shape index (κ2) is 5.90. The zero-order chi connectivity index (χ0) is 12.1. The van der Waals surface area contributed by atoms with Gasteiger partial charge in [-0.1, -0.05) is 32.0 Å². The average Bonchev–Trinajstić information content (AvgIpc) is 2.16. The molecule has 0 amide bonds. The second-order valence-corrected chi connectivity index (χ2v) is 4.88. The van der Waals surface area contributed by atoms with Gasteiger partial charge in [-0.25, -0.2) is 0 Å². The van der Waals surface area contributed by atoms with E-state index < -0.39 is 0 Å². The summed E-state index contributed by atoms with van der Waals surface area (Å²) >= 11 is 0. The number of hydrogen-bond donors (Lipinski definition) is 1. The molecule has 0 saturated heterocycles. The number of benzene rings is 1. The van der Waals surface area contributed by atoms with Crippen LogP contribution in [-0.4, -0.2) is 6.10 Å². The maximum Gasteiger partial charge on any atom is 0.124 e. The molecule has 1 aromatic rings. The molecule has 1 rings (SSSR count). The van der Waals surface area contributed by atoms with E-state index in [1.807, 2.05) is 31.2 Å². The quantitative estimate of drug-likeness (QED) is 0.825. The van der Waals surface area contributed by atoms with Crippen molar-refractivity contribution < 1.29 is 4.74 Å². The van der Waals surface area contributed by atoms with Crippen molar-refractivity contribution in [2.75, 3.05) is 0 Å². The van der Waals surface area contributed by atoms with Crippen LogP contribution in [0.15, 0.2) is 24.3 Å². The van der Waals surface area contributed by atoms with Crippen molar-refractivity contribution in [2.45, 2.75) is 46.3 Å². The molecular formula is C14H23NO. The van der Waals surface area contributed by atoms with Gasteiger partial charge in [0.15, 0.2) is 0 Å². The molecule has 2 N–H and O–H groups in total. The number of rotatable bonds is 5. The van der Waals surface area contributed by atoms with Gasteiger partial charge >= 0.3 is 0 Å². The third-order valence-corrected chi connectivity index (χ3v) is 2.54. The van der Waals surface area contributed by atoms with Gasteiger partial charge in [-0.05, 0) is 32.3 Å². The van der Waals surface area contributed by atoms with Crippen LogP contribution < -0.4 is 10.5 Å². The molecule has 0 radical (unpaired) electrons. The standard InChI is InChI=1S/C14H23NO/c1-10(2)9-11(3)16-14-8-6-5-7-13(14)12(4)15/h5-8,10-12H,9,15H2,1-4H3/t11?,12-/m0/s1. The number of ether oxygens (including phenoxy) is 1. The summed E-state index contributed by atoms with van der Waals surface area (Å²) in [5, 5.41) is 0. The molecule has 0 bridgehead atoms. The number of nitrogens with two attached hydrogens (primary N) is 1. The molecule has 0 spiro atoms. The Kier molecular flexibility index (Phi) is 4.81. The summed E-state index contributed by atoms with van der Waals surface area (Å²) in [6.45, 7) is 8.50. The topological polar surface area (TPSA) is 35.2 Å². The molecule has 2 atom stereocenters. The molecule has 90 valence electrons. The largest absolute Gasteiger partial charge is 0.490 e. The smallest absolute Gasteiger partial charge is 0.124 e. The van der Waals surface area contributed by atoms with Gasteiger partial charge in [-0.15, -0.1) is 0 Å². The fraction of sp³-hybridized carbons (Fsp3) is 0.571. The van der Waals surface area contributed by atoms with Crippen LogP contribution in [0.2, 0.25) is 0 Å². The predicted molar refractivity (Wildman–Crippen MR) is 68.6 cm³/mol. The fourth-order valence-electron chi connectivity index (χ4n) is 1.89. The second-order valence-electron chi connectivity index (χ2n) is 4.88. The lowest BCUT2D eigenvalue weighted by atomic mass is 10.1. The minimum atomic E-state index is 0.0162. The van der Waals surface area contributed by atoms with E-state index in [2.05, 4.69) is 20.8 Å². The summed E-state index contributed by atoms with van der Waals surface area (Å²) in [5.41, 5.74) is 6.99. The third kappa shape index (κ3) is 3.86. The minimum Gasteiger partial charge on any atom is -0.490 e. The SMILES string of the molecule is CC(C)CC(C)Oc1ccccc1[C@H](C)N. The van der Waals surface area contributed by atoms with Crippen LogP contribution in [0.3, 0.4) is 0 Å². The molecule has 0 fully saturated rings. The Morgan fingerprint density at radius 1 is 1.12 bits per heavy atom. The maximum atomic E-state index is 5.94.